The van der Waals surface area contributed by atoms with Crippen LogP contribution in [0, 0.1) is 0 Å². The zero-order valence-electron chi connectivity index (χ0n) is 16.1. The van der Waals surface area contributed by atoms with Crippen molar-refractivity contribution in [3.8, 4) is 0 Å². The van der Waals surface area contributed by atoms with Gasteiger partial charge in [0, 0.05) is 23.2 Å². The third kappa shape index (κ3) is 3.73. The molecule has 1 saturated carbocycles. The van der Waals surface area contributed by atoms with Crippen LogP contribution in [0.25, 0.3) is 0 Å². The molecule has 2 N–H and O–H groups in total. The van der Waals surface area contributed by atoms with Crippen LogP contribution >= 0.6 is 11.6 Å². The van der Waals surface area contributed by atoms with Crippen LogP contribution < -0.4 is 10.0 Å². The van der Waals surface area contributed by atoms with Gasteiger partial charge in [-0.15, -0.1) is 0 Å². The topological polar surface area (TPSA) is 76.0 Å². The normalized spacial score (nSPS) is 21.1. The summed E-state index contributed by atoms with van der Waals surface area (Å²) < 4.78 is 27.8. The molecule has 0 saturated heterocycles. The van der Waals surface area contributed by atoms with E-state index in [2.05, 4.69) is 28.4 Å². The molecule has 2 heterocycles. The summed E-state index contributed by atoms with van der Waals surface area (Å²) >= 11 is 6.10. The third-order valence-electron chi connectivity index (χ3n) is 6.15. The minimum absolute atomic E-state index is 0.0583. The first-order chi connectivity index (χ1) is 13.4. The Morgan fingerprint density at radius 1 is 1.32 bits per heavy atom. The maximum atomic E-state index is 11.6. The summed E-state index contributed by atoms with van der Waals surface area (Å²) in [5.41, 5.74) is 3.75. The van der Waals surface area contributed by atoms with Crippen LogP contribution in [0.15, 0.2) is 30.5 Å². The maximum absolute atomic E-state index is 11.6. The molecule has 0 radical (unpaired) electrons. The fraction of sp³-hybridized carbons (Fsp3) is 0.550. The fourth-order valence-corrected chi connectivity index (χ4v) is 5.17. The molecule has 0 amide bonds. The first kappa shape index (κ1) is 19.9. The van der Waals surface area contributed by atoms with Gasteiger partial charge in [-0.2, -0.15) is 5.10 Å². The predicted octanol–water partition coefficient (Wildman–Crippen LogP) is 2.78. The quantitative estimate of drug-likeness (QED) is 0.719. The Hall–Kier alpha value is -1.41. The van der Waals surface area contributed by atoms with Gasteiger partial charge in [0.2, 0.25) is 10.0 Å². The highest BCUT2D eigenvalue weighted by atomic mass is 35.5. The monoisotopic (exact) mass is 422 g/mol. The second-order valence-electron chi connectivity index (χ2n) is 7.75. The van der Waals surface area contributed by atoms with Crippen LogP contribution in [0.3, 0.4) is 0 Å². The van der Waals surface area contributed by atoms with E-state index >= 15 is 0 Å². The third-order valence-corrected chi connectivity index (χ3v) is 7.80. The number of nitrogens with zero attached hydrogens (tertiary/aromatic N) is 2. The first-order valence-corrected chi connectivity index (χ1v) is 12.0. The van der Waals surface area contributed by atoms with Crippen molar-refractivity contribution in [2.45, 2.75) is 50.6 Å². The fourth-order valence-electron chi connectivity index (χ4n) is 4.43. The average Bonchev–Trinajstić information content (AvgIpc) is 3.06. The molecule has 4 rings (SSSR count). The first-order valence-electron chi connectivity index (χ1n) is 9.96. The van der Waals surface area contributed by atoms with Crippen LogP contribution in [0.4, 0.5) is 0 Å². The Bertz CT molecular complexity index is 936. The number of sulfonamides is 1. The number of benzene rings is 1. The molecule has 1 fully saturated rings. The molecule has 1 aromatic heterocycles. The van der Waals surface area contributed by atoms with Crippen molar-refractivity contribution in [2.24, 2.45) is 0 Å². The van der Waals surface area contributed by atoms with Gasteiger partial charge in [0.15, 0.2) is 0 Å². The minimum Gasteiger partial charge on any atom is -0.307 e. The number of hydrogen-bond donors (Lipinski definition) is 2. The Balaban J connectivity index is 1.57. The molecule has 6 nitrogen and oxygen atoms in total. The number of fused-ring (bicyclic) bond motifs is 1. The van der Waals surface area contributed by atoms with Gasteiger partial charge in [-0.3, -0.25) is 4.68 Å². The molecule has 2 aromatic rings. The summed E-state index contributed by atoms with van der Waals surface area (Å²) in [5, 5.41) is 9.33. The molecule has 28 heavy (non-hydrogen) atoms. The van der Waals surface area contributed by atoms with E-state index in [0.717, 1.165) is 36.5 Å². The molecule has 1 aliphatic carbocycles. The van der Waals surface area contributed by atoms with Gasteiger partial charge < -0.3 is 5.32 Å². The summed E-state index contributed by atoms with van der Waals surface area (Å²) in [7, 11) is -3.17. The predicted molar refractivity (Wildman–Crippen MR) is 111 cm³/mol. The van der Waals surface area contributed by atoms with Gasteiger partial charge in [0.25, 0.3) is 0 Å². The molecule has 0 spiro atoms. The molecule has 0 bridgehead atoms. The van der Waals surface area contributed by atoms with Gasteiger partial charge in [0.1, 0.15) is 0 Å². The standard InChI is InChI=1S/C20H27ClN4O2S/c1-2-28(26,27)23-12-13-25-14-15-8-11-22-19(18(15)24-25)20(9-3-10-20)16-4-6-17(21)7-5-16/h4-7,14,19,22-23H,2-3,8-13H2,1H3. The Labute approximate surface area is 171 Å². The summed E-state index contributed by atoms with van der Waals surface area (Å²) in [6, 6.07) is 8.42. The molecule has 1 atom stereocenters. The van der Waals surface area contributed by atoms with E-state index in [0.29, 0.717) is 13.1 Å². The maximum Gasteiger partial charge on any atom is 0.211 e. The average molecular weight is 423 g/mol. The minimum atomic E-state index is -3.17. The lowest BCUT2D eigenvalue weighted by atomic mass is 9.58. The van der Waals surface area contributed by atoms with Crippen molar-refractivity contribution in [3.05, 3.63) is 52.3 Å². The van der Waals surface area contributed by atoms with E-state index in [1.54, 1.807) is 6.92 Å². The molecule has 1 aromatic carbocycles. The van der Waals surface area contributed by atoms with Gasteiger partial charge in [-0.25, -0.2) is 13.1 Å². The van der Waals surface area contributed by atoms with Crippen molar-refractivity contribution in [1.29, 1.82) is 0 Å². The summed E-state index contributed by atoms with van der Waals surface area (Å²) in [6.07, 6.45) is 6.51. The lowest BCUT2D eigenvalue weighted by Crippen LogP contribution is -2.49. The van der Waals surface area contributed by atoms with Crippen molar-refractivity contribution in [2.75, 3.05) is 18.8 Å². The highest BCUT2D eigenvalue weighted by molar-refractivity contribution is 7.89. The Kier molecular flexibility index (Phi) is 5.53. The Morgan fingerprint density at radius 2 is 2.07 bits per heavy atom. The highest BCUT2D eigenvalue weighted by Crippen LogP contribution is 2.53. The van der Waals surface area contributed by atoms with Crippen LogP contribution in [-0.2, 0) is 28.4 Å². The molecule has 152 valence electrons. The van der Waals surface area contributed by atoms with E-state index in [9.17, 15) is 8.42 Å². The van der Waals surface area contributed by atoms with Crippen LogP contribution in [0.2, 0.25) is 5.02 Å². The van der Waals surface area contributed by atoms with E-state index in [1.807, 2.05) is 16.8 Å². The zero-order valence-corrected chi connectivity index (χ0v) is 17.7. The van der Waals surface area contributed by atoms with Crippen molar-refractivity contribution in [3.63, 3.8) is 0 Å². The van der Waals surface area contributed by atoms with E-state index < -0.39 is 10.0 Å². The van der Waals surface area contributed by atoms with E-state index in [-0.39, 0.29) is 17.2 Å². The van der Waals surface area contributed by atoms with E-state index in [1.165, 1.54) is 17.5 Å². The smallest absolute Gasteiger partial charge is 0.211 e. The number of halogens is 1. The summed E-state index contributed by atoms with van der Waals surface area (Å²) in [4.78, 5) is 0. The lowest BCUT2D eigenvalue weighted by Gasteiger charge is -2.49. The molecule has 1 aliphatic heterocycles. The van der Waals surface area contributed by atoms with Crippen molar-refractivity contribution < 1.29 is 8.42 Å². The van der Waals surface area contributed by atoms with Gasteiger partial charge in [0.05, 0.1) is 24.0 Å². The molecule has 1 unspecified atom stereocenters. The SMILES string of the molecule is CCS(=O)(=O)NCCn1cc2c(n1)C(C1(c3ccc(Cl)cc3)CCC1)NCC2. The lowest BCUT2D eigenvalue weighted by molar-refractivity contribution is 0.161. The molecule has 2 aliphatic rings. The van der Waals surface area contributed by atoms with Crippen LogP contribution in [0.5, 0.6) is 0 Å². The zero-order chi connectivity index (χ0) is 19.8. The van der Waals surface area contributed by atoms with Gasteiger partial charge >= 0.3 is 0 Å². The summed E-state index contributed by atoms with van der Waals surface area (Å²) in [5.74, 6) is 0.0954. The molecular weight excluding hydrogens is 396 g/mol. The summed E-state index contributed by atoms with van der Waals surface area (Å²) in [6.45, 7) is 3.46. The number of rotatable bonds is 7. The van der Waals surface area contributed by atoms with Crippen LogP contribution in [0.1, 0.15) is 49.0 Å². The van der Waals surface area contributed by atoms with Crippen molar-refractivity contribution in [1.82, 2.24) is 19.8 Å². The number of hydrogen-bond acceptors (Lipinski definition) is 4. The Morgan fingerprint density at radius 3 is 2.71 bits per heavy atom. The second kappa shape index (κ2) is 7.78. The molecular formula is C20H27ClN4O2S. The highest BCUT2D eigenvalue weighted by Gasteiger charge is 2.48. The molecule has 8 heteroatoms. The van der Waals surface area contributed by atoms with Gasteiger partial charge in [-0.05, 0) is 56.0 Å². The van der Waals surface area contributed by atoms with E-state index in [4.69, 9.17) is 16.7 Å². The largest absolute Gasteiger partial charge is 0.307 e. The number of aromatic nitrogens is 2. The number of nitrogens with one attached hydrogen (secondary N) is 2. The van der Waals surface area contributed by atoms with Crippen molar-refractivity contribution >= 4 is 21.6 Å². The van der Waals surface area contributed by atoms with Crippen LogP contribution in [-0.4, -0.2) is 37.0 Å². The second-order valence-corrected chi connectivity index (χ2v) is 10.3. The van der Waals surface area contributed by atoms with Gasteiger partial charge in [-0.1, -0.05) is 30.2 Å².